The SMILES string of the molecule is C=CNC(=O)Nc1ccc(C)cc1NC(=O)NCC. The minimum Gasteiger partial charge on any atom is -0.338 e. The van der Waals surface area contributed by atoms with Gasteiger partial charge >= 0.3 is 12.1 Å². The number of nitrogens with one attached hydrogen (secondary N) is 4. The molecule has 1 rings (SSSR count). The molecule has 6 nitrogen and oxygen atoms in total. The van der Waals surface area contributed by atoms with Gasteiger partial charge in [-0.3, -0.25) is 0 Å². The largest absolute Gasteiger partial charge is 0.338 e. The summed E-state index contributed by atoms with van der Waals surface area (Å²) in [7, 11) is 0. The van der Waals surface area contributed by atoms with E-state index >= 15 is 0 Å². The fourth-order valence-electron chi connectivity index (χ4n) is 1.45. The molecule has 0 spiro atoms. The number of benzene rings is 1. The van der Waals surface area contributed by atoms with E-state index < -0.39 is 6.03 Å². The van der Waals surface area contributed by atoms with E-state index in [-0.39, 0.29) is 6.03 Å². The highest BCUT2D eigenvalue weighted by atomic mass is 16.2. The molecule has 0 unspecified atom stereocenters. The number of anilines is 2. The summed E-state index contributed by atoms with van der Waals surface area (Å²) in [6, 6.07) is 4.60. The lowest BCUT2D eigenvalue weighted by molar-refractivity contribution is 0.252. The number of aryl methyl sites for hydroxylation is 1. The van der Waals surface area contributed by atoms with Crippen LogP contribution >= 0.6 is 0 Å². The van der Waals surface area contributed by atoms with E-state index in [4.69, 9.17) is 0 Å². The summed E-state index contributed by atoms with van der Waals surface area (Å²) >= 11 is 0. The molecule has 19 heavy (non-hydrogen) atoms. The van der Waals surface area contributed by atoms with Crippen LogP contribution in [0, 0.1) is 6.92 Å². The lowest BCUT2D eigenvalue weighted by Gasteiger charge is -2.13. The Morgan fingerprint density at radius 1 is 1.21 bits per heavy atom. The number of rotatable bonds is 4. The minimum absolute atomic E-state index is 0.319. The predicted octanol–water partition coefficient (Wildman–Crippen LogP) is 2.40. The number of hydrogen-bond acceptors (Lipinski definition) is 2. The number of hydrogen-bond donors (Lipinski definition) is 4. The topological polar surface area (TPSA) is 82.3 Å². The molecule has 1 aromatic rings. The van der Waals surface area contributed by atoms with Crippen LogP contribution in [0.5, 0.6) is 0 Å². The standard InChI is InChI=1S/C13H18N4O2/c1-4-14-12(18)16-10-7-6-9(3)8-11(10)17-13(19)15-5-2/h4,6-8H,1,5H2,2-3H3,(H2,14,16,18)(H2,15,17,19). The van der Waals surface area contributed by atoms with E-state index in [1.54, 1.807) is 12.1 Å². The van der Waals surface area contributed by atoms with Gasteiger partial charge < -0.3 is 21.3 Å². The monoisotopic (exact) mass is 262 g/mol. The molecule has 0 fully saturated rings. The van der Waals surface area contributed by atoms with Crippen molar-refractivity contribution in [3.8, 4) is 0 Å². The highest BCUT2D eigenvalue weighted by Gasteiger charge is 2.08. The van der Waals surface area contributed by atoms with E-state index in [0.717, 1.165) is 5.56 Å². The van der Waals surface area contributed by atoms with Crippen LogP contribution in [0.1, 0.15) is 12.5 Å². The highest BCUT2D eigenvalue weighted by molar-refractivity contribution is 5.98. The van der Waals surface area contributed by atoms with Crippen LogP contribution in [0.25, 0.3) is 0 Å². The van der Waals surface area contributed by atoms with E-state index in [0.29, 0.717) is 17.9 Å². The summed E-state index contributed by atoms with van der Waals surface area (Å²) in [6.07, 6.45) is 1.28. The maximum absolute atomic E-state index is 11.5. The second-order valence-corrected chi connectivity index (χ2v) is 3.84. The van der Waals surface area contributed by atoms with Crippen LogP contribution in [0.3, 0.4) is 0 Å². The molecule has 0 saturated heterocycles. The molecule has 0 bridgehead atoms. The van der Waals surface area contributed by atoms with Crippen molar-refractivity contribution in [3.63, 3.8) is 0 Å². The van der Waals surface area contributed by atoms with Crippen LogP contribution in [0.2, 0.25) is 0 Å². The van der Waals surface area contributed by atoms with E-state index in [2.05, 4.69) is 27.8 Å². The Morgan fingerprint density at radius 3 is 2.53 bits per heavy atom. The fraction of sp³-hybridized carbons (Fsp3) is 0.231. The van der Waals surface area contributed by atoms with Gasteiger partial charge in [0.15, 0.2) is 0 Å². The second kappa shape index (κ2) is 7.05. The van der Waals surface area contributed by atoms with Crippen molar-refractivity contribution in [2.75, 3.05) is 17.2 Å². The van der Waals surface area contributed by atoms with Gasteiger partial charge in [0, 0.05) is 6.54 Å². The lowest BCUT2D eigenvalue weighted by Crippen LogP contribution is -2.29. The zero-order chi connectivity index (χ0) is 14.3. The van der Waals surface area contributed by atoms with Gasteiger partial charge in [0.2, 0.25) is 0 Å². The number of amides is 4. The minimum atomic E-state index is -0.419. The van der Waals surface area contributed by atoms with Gasteiger partial charge in [0.1, 0.15) is 0 Å². The van der Waals surface area contributed by atoms with E-state index in [9.17, 15) is 9.59 Å². The van der Waals surface area contributed by atoms with Gasteiger partial charge in [-0.15, -0.1) is 0 Å². The van der Waals surface area contributed by atoms with E-state index in [1.165, 1.54) is 6.20 Å². The Bertz CT molecular complexity index is 486. The Labute approximate surface area is 112 Å². The van der Waals surface area contributed by atoms with Gasteiger partial charge in [-0.05, 0) is 37.7 Å². The fourth-order valence-corrected chi connectivity index (χ4v) is 1.45. The molecule has 1 aromatic carbocycles. The first-order valence-corrected chi connectivity index (χ1v) is 5.90. The van der Waals surface area contributed by atoms with E-state index in [1.807, 2.05) is 19.9 Å². The molecule has 4 amide bonds. The van der Waals surface area contributed by atoms with Crippen LogP contribution in [0.15, 0.2) is 31.0 Å². The quantitative estimate of drug-likeness (QED) is 0.672. The first-order chi connectivity index (χ1) is 9.06. The van der Waals surface area contributed by atoms with Crippen molar-refractivity contribution in [3.05, 3.63) is 36.5 Å². The molecular weight excluding hydrogens is 244 g/mol. The summed E-state index contributed by atoms with van der Waals surface area (Å²) in [5.41, 5.74) is 2.02. The molecule has 0 atom stereocenters. The van der Waals surface area contributed by atoms with Crippen molar-refractivity contribution >= 4 is 23.4 Å². The van der Waals surface area contributed by atoms with Crippen LogP contribution in [-0.4, -0.2) is 18.6 Å². The zero-order valence-corrected chi connectivity index (χ0v) is 11.0. The Balaban J connectivity index is 2.87. The molecule has 0 heterocycles. The van der Waals surface area contributed by atoms with Crippen molar-refractivity contribution in [1.82, 2.24) is 10.6 Å². The number of carbonyl (C=O) groups is 2. The van der Waals surface area contributed by atoms with Crippen LogP contribution in [-0.2, 0) is 0 Å². The maximum atomic E-state index is 11.5. The average molecular weight is 262 g/mol. The van der Waals surface area contributed by atoms with Crippen LogP contribution in [0.4, 0.5) is 21.0 Å². The lowest BCUT2D eigenvalue weighted by atomic mass is 10.2. The molecule has 0 aliphatic carbocycles. The third-order valence-electron chi connectivity index (χ3n) is 2.24. The molecule has 0 aliphatic rings. The molecule has 4 N–H and O–H groups in total. The smallest absolute Gasteiger partial charge is 0.323 e. The third-order valence-corrected chi connectivity index (χ3v) is 2.24. The van der Waals surface area contributed by atoms with Crippen molar-refractivity contribution < 1.29 is 9.59 Å². The third kappa shape index (κ3) is 4.71. The molecule has 0 radical (unpaired) electrons. The first kappa shape index (κ1) is 14.6. The maximum Gasteiger partial charge on any atom is 0.323 e. The number of carbonyl (C=O) groups excluding carboxylic acids is 2. The number of urea groups is 2. The summed E-state index contributed by atoms with van der Waals surface area (Å²) in [5, 5.41) is 10.3. The van der Waals surface area contributed by atoms with Crippen molar-refractivity contribution in [2.45, 2.75) is 13.8 Å². The van der Waals surface area contributed by atoms with Gasteiger partial charge in [-0.25, -0.2) is 9.59 Å². The summed E-state index contributed by atoms with van der Waals surface area (Å²) in [6.45, 7) is 7.65. The predicted molar refractivity (Wildman–Crippen MR) is 76.2 cm³/mol. The summed E-state index contributed by atoms with van der Waals surface area (Å²) in [5.74, 6) is 0. The van der Waals surface area contributed by atoms with Gasteiger partial charge in [-0.1, -0.05) is 12.6 Å². The summed E-state index contributed by atoms with van der Waals surface area (Å²) in [4.78, 5) is 23.0. The molecule has 102 valence electrons. The van der Waals surface area contributed by atoms with Crippen molar-refractivity contribution in [1.29, 1.82) is 0 Å². The average Bonchev–Trinajstić information content (AvgIpc) is 2.33. The summed E-state index contributed by atoms with van der Waals surface area (Å²) < 4.78 is 0. The second-order valence-electron chi connectivity index (χ2n) is 3.84. The van der Waals surface area contributed by atoms with Crippen LogP contribution < -0.4 is 21.3 Å². The zero-order valence-electron chi connectivity index (χ0n) is 11.0. The Kier molecular flexibility index (Phi) is 5.40. The Morgan fingerprint density at radius 2 is 1.89 bits per heavy atom. The molecular formula is C13H18N4O2. The molecule has 0 aliphatic heterocycles. The van der Waals surface area contributed by atoms with Gasteiger partial charge in [0.25, 0.3) is 0 Å². The van der Waals surface area contributed by atoms with Gasteiger partial charge in [-0.2, -0.15) is 0 Å². The molecule has 0 aromatic heterocycles. The normalized spacial score (nSPS) is 9.37. The van der Waals surface area contributed by atoms with Crippen molar-refractivity contribution in [2.24, 2.45) is 0 Å². The Hall–Kier alpha value is -2.50. The molecule has 0 saturated carbocycles. The van der Waals surface area contributed by atoms with Gasteiger partial charge in [0.05, 0.1) is 11.4 Å². The first-order valence-electron chi connectivity index (χ1n) is 5.90. The molecule has 6 heteroatoms. The highest BCUT2D eigenvalue weighted by Crippen LogP contribution is 2.22.